The van der Waals surface area contributed by atoms with Crippen LogP contribution in [0.25, 0.3) is 0 Å². The number of hydrogen-bond acceptors (Lipinski definition) is 7. The van der Waals surface area contributed by atoms with Gasteiger partial charge in [0.2, 0.25) is 5.16 Å². The van der Waals surface area contributed by atoms with Gasteiger partial charge in [0, 0.05) is 42.2 Å². The van der Waals surface area contributed by atoms with Crippen LogP contribution in [0, 0.1) is 17.0 Å². The van der Waals surface area contributed by atoms with E-state index in [2.05, 4.69) is 32.3 Å². The summed E-state index contributed by atoms with van der Waals surface area (Å²) < 4.78 is 1.69. The topological polar surface area (TPSA) is 89.4 Å². The highest BCUT2D eigenvalue weighted by atomic mass is 32.2. The van der Waals surface area contributed by atoms with Gasteiger partial charge >= 0.3 is 0 Å². The average molecular weight is 451 g/mol. The van der Waals surface area contributed by atoms with Crippen LogP contribution in [0.5, 0.6) is 0 Å². The maximum atomic E-state index is 11.4. The Kier molecular flexibility index (Phi) is 7.16. The second kappa shape index (κ2) is 10.4. The second-order valence-electron chi connectivity index (χ2n) is 7.76. The maximum absolute atomic E-state index is 11.4. The first kappa shape index (κ1) is 22.0. The molecule has 0 amide bonds. The van der Waals surface area contributed by atoms with E-state index in [0.717, 1.165) is 42.9 Å². The monoisotopic (exact) mass is 450 g/mol. The van der Waals surface area contributed by atoms with E-state index in [0.29, 0.717) is 11.0 Å². The van der Waals surface area contributed by atoms with Crippen molar-refractivity contribution in [3.05, 3.63) is 75.6 Å². The van der Waals surface area contributed by atoms with Gasteiger partial charge in [0.25, 0.3) is 5.69 Å². The van der Waals surface area contributed by atoms with Crippen LogP contribution in [0.4, 0.5) is 11.4 Å². The smallest absolute Gasteiger partial charge is 0.270 e. The van der Waals surface area contributed by atoms with Gasteiger partial charge in [-0.15, -0.1) is 10.2 Å². The SMILES string of the molecule is Cc1nnc(SCc2ccccc2)n1N=Cc1cc([N+](=O)[O-])ccc1N1CCCCCC1. The first-order chi connectivity index (χ1) is 15.6. The van der Waals surface area contributed by atoms with Gasteiger partial charge < -0.3 is 4.90 Å². The summed E-state index contributed by atoms with van der Waals surface area (Å²) in [7, 11) is 0. The van der Waals surface area contributed by atoms with Crippen molar-refractivity contribution < 1.29 is 4.92 Å². The molecule has 166 valence electrons. The van der Waals surface area contributed by atoms with E-state index in [-0.39, 0.29) is 10.6 Å². The zero-order valence-electron chi connectivity index (χ0n) is 18.1. The molecule has 0 unspecified atom stereocenters. The van der Waals surface area contributed by atoms with Gasteiger partial charge in [-0.05, 0) is 31.4 Å². The number of nitrogens with zero attached hydrogens (tertiary/aromatic N) is 6. The van der Waals surface area contributed by atoms with Gasteiger partial charge in [0.1, 0.15) is 0 Å². The van der Waals surface area contributed by atoms with Crippen LogP contribution in [0.1, 0.15) is 42.6 Å². The minimum Gasteiger partial charge on any atom is -0.371 e. The standard InChI is InChI=1S/C23H26N6O2S/c1-18-25-26-23(32-17-19-9-5-4-6-10-19)28(18)24-16-20-15-21(29(30)31)11-12-22(20)27-13-7-2-3-8-14-27/h4-6,9-12,15-16H,2-3,7-8,13-14,17H2,1H3. The van der Waals surface area contributed by atoms with Crippen LogP contribution in [0.3, 0.4) is 0 Å². The molecular formula is C23H26N6O2S. The third-order valence-corrected chi connectivity index (χ3v) is 6.45. The van der Waals surface area contributed by atoms with E-state index in [1.807, 2.05) is 31.2 Å². The van der Waals surface area contributed by atoms with Crippen molar-refractivity contribution in [2.75, 3.05) is 18.0 Å². The molecule has 0 radical (unpaired) electrons. The Bertz CT molecular complexity index is 1090. The van der Waals surface area contributed by atoms with Crippen molar-refractivity contribution in [2.24, 2.45) is 5.10 Å². The van der Waals surface area contributed by atoms with Crippen molar-refractivity contribution in [1.29, 1.82) is 0 Å². The first-order valence-electron chi connectivity index (χ1n) is 10.8. The summed E-state index contributed by atoms with van der Waals surface area (Å²) in [6, 6.07) is 15.2. The number of aromatic nitrogens is 3. The molecule has 4 rings (SSSR count). The molecule has 3 aromatic rings. The number of nitro groups is 1. The largest absolute Gasteiger partial charge is 0.371 e. The summed E-state index contributed by atoms with van der Waals surface area (Å²) in [6.07, 6.45) is 6.37. The van der Waals surface area contributed by atoms with Gasteiger partial charge in [-0.3, -0.25) is 10.1 Å². The Morgan fingerprint density at radius 2 is 1.84 bits per heavy atom. The fourth-order valence-electron chi connectivity index (χ4n) is 3.76. The molecule has 9 heteroatoms. The molecule has 1 aliphatic heterocycles. The average Bonchev–Trinajstić information content (AvgIpc) is 2.99. The quantitative estimate of drug-likeness (QED) is 0.217. The van der Waals surface area contributed by atoms with Crippen LogP contribution in [-0.4, -0.2) is 39.1 Å². The van der Waals surface area contributed by atoms with Crippen molar-refractivity contribution in [2.45, 2.75) is 43.5 Å². The summed E-state index contributed by atoms with van der Waals surface area (Å²) in [5.41, 5.74) is 2.96. The number of nitro benzene ring substituents is 1. The highest BCUT2D eigenvalue weighted by Gasteiger charge is 2.17. The van der Waals surface area contributed by atoms with Crippen molar-refractivity contribution in [3.63, 3.8) is 0 Å². The lowest BCUT2D eigenvalue weighted by Gasteiger charge is -2.24. The summed E-state index contributed by atoms with van der Waals surface area (Å²) in [5, 5.41) is 25.1. The van der Waals surface area contributed by atoms with E-state index in [1.165, 1.54) is 18.4 Å². The minimum atomic E-state index is -0.366. The predicted molar refractivity (Wildman–Crippen MR) is 128 cm³/mol. The van der Waals surface area contributed by atoms with E-state index in [4.69, 9.17) is 0 Å². The fraction of sp³-hybridized carbons (Fsp3) is 0.348. The summed E-state index contributed by atoms with van der Waals surface area (Å²) in [4.78, 5) is 13.3. The predicted octanol–water partition coefficient (Wildman–Crippen LogP) is 5.05. The highest BCUT2D eigenvalue weighted by Crippen LogP contribution is 2.27. The van der Waals surface area contributed by atoms with Gasteiger partial charge in [-0.2, -0.15) is 9.78 Å². The van der Waals surface area contributed by atoms with Crippen molar-refractivity contribution in [3.8, 4) is 0 Å². The molecule has 0 aliphatic carbocycles. The molecule has 0 bridgehead atoms. The summed E-state index contributed by atoms with van der Waals surface area (Å²) >= 11 is 1.56. The molecule has 1 aliphatic rings. The first-order valence-corrected chi connectivity index (χ1v) is 11.8. The molecular weight excluding hydrogens is 424 g/mol. The van der Waals surface area contributed by atoms with E-state index < -0.39 is 0 Å². The van der Waals surface area contributed by atoms with Crippen molar-refractivity contribution >= 4 is 29.4 Å². The minimum absolute atomic E-state index is 0.0594. The Hall–Kier alpha value is -3.20. The number of anilines is 1. The zero-order chi connectivity index (χ0) is 22.3. The van der Waals surface area contributed by atoms with Crippen LogP contribution < -0.4 is 4.90 Å². The molecule has 2 aromatic carbocycles. The Balaban J connectivity index is 1.61. The lowest BCUT2D eigenvalue weighted by molar-refractivity contribution is -0.384. The number of non-ortho nitro benzene ring substituents is 1. The Labute approximate surface area is 191 Å². The maximum Gasteiger partial charge on any atom is 0.270 e. The normalized spacial score (nSPS) is 14.6. The van der Waals surface area contributed by atoms with Crippen LogP contribution in [-0.2, 0) is 5.75 Å². The molecule has 8 nitrogen and oxygen atoms in total. The molecule has 1 aromatic heterocycles. The number of aryl methyl sites for hydroxylation is 1. The third-order valence-electron chi connectivity index (χ3n) is 5.46. The highest BCUT2D eigenvalue weighted by molar-refractivity contribution is 7.98. The van der Waals surface area contributed by atoms with E-state index in [9.17, 15) is 10.1 Å². The number of benzene rings is 2. The van der Waals surface area contributed by atoms with Crippen LogP contribution in [0.15, 0.2) is 58.8 Å². The Morgan fingerprint density at radius 1 is 1.09 bits per heavy atom. The summed E-state index contributed by atoms with van der Waals surface area (Å²) in [6.45, 7) is 3.74. The number of hydrogen-bond donors (Lipinski definition) is 0. The Morgan fingerprint density at radius 3 is 2.56 bits per heavy atom. The second-order valence-corrected chi connectivity index (χ2v) is 8.70. The summed E-state index contributed by atoms with van der Waals surface area (Å²) in [5.74, 6) is 1.42. The van der Waals surface area contributed by atoms with Crippen LogP contribution in [0.2, 0.25) is 0 Å². The molecule has 0 saturated carbocycles. The number of rotatable bonds is 7. The third kappa shape index (κ3) is 5.34. The molecule has 2 heterocycles. The molecule has 32 heavy (non-hydrogen) atoms. The zero-order valence-corrected chi connectivity index (χ0v) is 18.9. The van der Waals surface area contributed by atoms with E-state index in [1.54, 1.807) is 34.8 Å². The van der Waals surface area contributed by atoms with Gasteiger partial charge in [0.15, 0.2) is 5.82 Å². The molecule has 0 spiro atoms. The fourth-order valence-corrected chi connectivity index (χ4v) is 4.65. The molecule has 0 N–H and O–H groups in total. The molecule has 0 atom stereocenters. The van der Waals surface area contributed by atoms with Gasteiger partial charge in [-0.1, -0.05) is 54.9 Å². The van der Waals surface area contributed by atoms with Gasteiger partial charge in [0.05, 0.1) is 11.1 Å². The van der Waals surface area contributed by atoms with Crippen molar-refractivity contribution in [1.82, 2.24) is 14.9 Å². The number of thioether (sulfide) groups is 1. The molecule has 1 saturated heterocycles. The molecule has 1 fully saturated rings. The van der Waals surface area contributed by atoms with E-state index >= 15 is 0 Å². The van der Waals surface area contributed by atoms with Crippen LogP contribution >= 0.6 is 11.8 Å². The lowest BCUT2D eigenvalue weighted by atomic mass is 10.1. The lowest BCUT2D eigenvalue weighted by Crippen LogP contribution is -2.25. The van der Waals surface area contributed by atoms with Gasteiger partial charge in [-0.25, -0.2) is 0 Å².